The number of carbonyl (C=O) groups is 1. The molecule has 0 unspecified atom stereocenters. The number of carbonyl (C=O) groups excluding carboxylic acids is 1. The molecule has 15 heavy (non-hydrogen) atoms. The van der Waals surface area contributed by atoms with Crippen molar-refractivity contribution in [3.8, 4) is 0 Å². The van der Waals surface area contributed by atoms with Gasteiger partial charge in [0.25, 0.3) is 0 Å². The molecule has 0 amide bonds. The highest BCUT2D eigenvalue weighted by atomic mass is 16.5. The first-order chi connectivity index (χ1) is 7.20. The fraction of sp³-hybridized carbons (Fsp3) is 0.500. The van der Waals surface area contributed by atoms with Crippen LogP contribution < -0.4 is 0 Å². The minimum absolute atomic E-state index is 0.686. The molecule has 88 valence electrons. The lowest BCUT2D eigenvalue weighted by Crippen LogP contribution is -1.86. The Morgan fingerprint density at radius 3 is 2.20 bits per heavy atom. The Hall–Kier alpha value is -1.38. The molecular weight excluding hydrogens is 190 g/mol. The Morgan fingerprint density at radius 1 is 1.40 bits per heavy atom. The van der Waals surface area contributed by atoms with E-state index in [1.807, 2.05) is 47.5 Å². The topological polar surface area (TPSA) is 38.7 Å². The summed E-state index contributed by atoms with van der Waals surface area (Å²) >= 11 is 0. The van der Waals surface area contributed by atoms with E-state index in [2.05, 4.69) is 11.6 Å². The third-order valence-corrected chi connectivity index (χ3v) is 1.04. The van der Waals surface area contributed by atoms with Crippen LogP contribution in [0.1, 0.15) is 34.6 Å². The summed E-state index contributed by atoms with van der Waals surface area (Å²) in [5.74, 6) is 0.850. The first kappa shape index (κ1) is 19.2. The van der Waals surface area contributed by atoms with Gasteiger partial charge in [-0.2, -0.15) is 0 Å². The molecule has 0 aliphatic heterocycles. The monoisotopic (exact) mass is 213 g/mol. The van der Waals surface area contributed by atoms with Crippen LogP contribution in [0.3, 0.4) is 0 Å². The van der Waals surface area contributed by atoms with Gasteiger partial charge in [0.2, 0.25) is 0 Å². The van der Waals surface area contributed by atoms with Crippen molar-refractivity contribution >= 4 is 13.0 Å². The van der Waals surface area contributed by atoms with Crippen LogP contribution >= 0.6 is 0 Å². The molecule has 0 aromatic rings. The van der Waals surface area contributed by atoms with Crippen LogP contribution in [0.2, 0.25) is 0 Å². The zero-order valence-corrected chi connectivity index (χ0v) is 10.5. The van der Waals surface area contributed by atoms with Crippen molar-refractivity contribution < 1.29 is 9.53 Å². The van der Waals surface area contributed by atoms with E-state index in [9.17, 15) is 0 Å². The van der Waals surface area contributed by atoms with Gasteiger partial charge in [-0.05, 0) is 20.8 Å². The van der Waals surface area contributed by atoms with Gasteiger partial charge in [-0.25, -0.2) is 0 Å². The van der Waals surface area contributed by atoms with Crippen LogP contribution in [0.25, 0.3) is 0 Å². The van der Waals surface area contributed by atoms with E-state index in [-0.39, 0.29) is 0 Å². The van der Waals surface area contributed by atoms with Gasteiger partial charge in [-0.3, -0.25) is 4.99 Å². The lowest BCUT2D eigenvalue weighted by Gasteiger charge is -2.00. The molecule has 0 aromatic carbocycles. The predicted molar refractivity (Wildman–Crippen MR) is 67.2 cm³/mol. The Bertz CT molecular complexity index is 196. The molecular formula is C12H23NO2. The molecule has 0 saturated heterocycles. The van der Waals surface area contributed by atoms with Crippen molar-refractivity contribution in [3.63, 3.8) is 0 Å². The molecule has 0 bridgehead atoms. The minimum Gasteiger partial charge on any atom is -0.498 e. The molecule has 0 aliphatic carbocycles. The average molecular weight is 213 g/mol. The molecule has 0 heterocycles. The zero-order valence-electron chi connectivity index (χ0n) is 10.5. The highest BCUT2D eigenvalue weighted by Crippen LogP contribution is 2.01. The molecule has 0 radical (unpaired) electrons. The number of rotatable bonds is 4. The summed E-state index contributed by atoms with van der Waals surface area (Å²) in [6.45, 7) is 16.1. The Labute approximate surface area is 93.6 Å². The van der Waals surface area contributed by atoms with E-state index in [0.717, 1.165) is 11.5 Å². The summed E-state index contributed by atoms with van der Waals surface area (Å²) in [5.41, 5.74) is 0.721. The lowest BCUT2D eigenvalue weighted by atomic mass is 10.4. The Kier molecular flexibility index (Phi) is 23.6. The molecule has 0 N–H and O–H groups in total. The van der Waals surface area contributed by atoms with Gasteiger partial charge in [0.05, 0.1) is 18.1 Å². The molecule has 0 aliphatic rings. The number of hydrogen-bond donors (Lipinski definition) is 0. The molecule has 0 spiro atoms. The van der Waals surface area contributed by atoms with Crippen molar-refractivity contribution in [2.45, 2.75) is 34.6 Å². The standard InChI is InChI=1S/C9H15NO.C2H6.CH2O/c1-5-10-8(3)7-9(4)11-6-2;2*1-2/h5,7H,3,6H2,1-2,4H3;1-2H3;1H2/b9-7+,10-5?;;. The first-order valence-corrected chi connectivity index (χ1v) is 4.98. The lowest BCUT2D eigenvalue weighted by molar-refractivity contribution is -0.0979. The van der Waals surface area contributed by atoms with Gasteiger partial charge in [-0.15, -0.1) is 0 Å². The maximum Gasteiger partial charge on any atom is 0.106 e. The summed E-state index contributed by atoms with van der Waals surface area (Å²) in [5, 5.41) is 0. The zero-order chi connectivity index (χ0) is 12.7. The van der Waals surface area contributed by atoms with Crippen LogP contribution in [0, 0.1) is 0 Å². The largest absolute Gasteiger partial charge is 0.498 e. The number of hydrogen-bond acceptors (Lipinski definition) is 3. The molecule has 0 rings (SSSR count). The summed E-state index contributed by atoms with van der Waals surface area (Å²) in [4.78, 5) is 12.0. The van der Waals surface area contributed by atoms with Crippen LogP contribution in [0.5, 0.6) is 0 Å². The highest BCUT2D eigenvalue weighted by Gasteiger charge is 1.87. The third kappa shape index (κ3) is 19.2. The highest BCUT2D eigenvalue weighted by molar-refractivity contribution is 5.55. The van der Waals surface area contributed by atoms with Gasteiger partial charge in [0, 0.05) is 12.3 Å². The summed E-state index contributed by atoms with van der Waals surface area (Å²) in [7, 11) is 0. The summed E-state index contributed by atoms with van der Waals surface area (Å²) < 4.78 is 5.19. The SMILES string of the molecule is C=C(/C=C(\C)OCC)N=CC.C=O.CC. The van der Waals surface area contributed by atoms with Crippen LogP contribution in [0.4, 0.5) is 0 Å². The van der Waals surface area contributed by atoms with Crippen molar-refractivity contribution in [1.82, 2.24) is 0 Å². The van der Waals surface area contributed by atoms with E-state index in [1.54, 1.807) is 6.21 Å². The summed E-state index contributed by atoms with van der Waals surface area (Å²) in [6, 6.07) is 0. The summed E-state index contributed by atoms with van der Waals surface area (Å²) in [6.07, 6.45) is 3.52. The van der Waals surface area contributed by atoms with Gasteiger partial charge >= 0.3 is 0 Å². The van der Waals surface area contributed by atoms with Crippen LogP contribution in [-0.4, -0.2) is 19.6 Å². The Balaban J connectivity index is -0.000000318. The predicted octanol–water partition coefficient (Wildman–Crippen LogP) is 3.37. The number of ether oxygens (including phenoxy) is 1. The van der Waals surface area contributed by atoms with E-state index < -0.39 is 0 Å². The van der Waals surface area contributed by atoms with Gasteiger partial charge in [-0.1, -0.05) is 20.4 Å². The minimum atomic E-state index is 0.686. The second-order valence-corrected chi connectivity index (χ2v) is 2.07. The fourth-order valence-electron chi connectivity index (χ4n) is 0.707. The number of nitrogens with zero attached hydrogens (tertiary/aromatic N) is 1. The van der Waals surface area contributed by atoms with Crippen LogP contribution in [0.15, 0.2) is 29.1 Å². The van der Waals surface area contributed by atoms with Gasteiger partial charge in [0.1, 0.15) is 6.79 Å². The van der Waals surface area contributed by atoms with E-state index in [4.69, 9.17) is 9.53 Å². The van der Waals surface area contributed by atoms with Crippen molar-refractivity contribution in [2.75, 3.05) is 6.61 Å². The second-order valence-electron chi connectivity index (χ2n) is 2.07. The second kappa shape index (κ2) is 18.4. The quantitative estimate of drug-likeness (QED) is 0.408. The Morgan fingerprint density at radius 2 is 1.87 bits per heavy atom. The third-order valence-electron chi connectivity index (χ3n) is 1.04. The maximum atomic E-state index is 8.00. The van der Waals surface area contributed by atoms with Gasteiger partial charge < -0.3 is 9.53 Å². The van der Waals surface area contributed by atoms with Crippen molar-refractivity contribution in [3.05, 3.63) is 24.1 Å². The molecule has 3 nitrogen and oxygen atoms in total. The average Bonchev–Trinajstić information content (AvgIpc) is 2.24. The van der Waals surface area contributed by atoms with Gasteiger partial charge in [0.15, 0.2) is 0 Å². The van der Waals surface area contributed by atoms with Crippen LogP contribution in [-0.2, 0) is 9.53 Å². The van der Waals surface area contributed by atoms with Crippen molar-refractivity contribution in [1.29, 1.82) is 0 Å². The maximum absolute atomic E-state index is 8.00. The normalized spacial score (nSPS) is 9.53. The van der Waals surface area contributed by atoms with E-state index in [0.29, 0.717) is 6.61 Å². The van der Waals surface area contributed by atoms with Crippen molar-refractivity contribution in [2.24, 2.45) is 4.99 Å². The molecule has 0 atom stereocenters. The molecule has 0 fully saturated rings. The van der Waals surface area contributed by atoms with E-state index >= 15 is 0 Å². The molecule has 0 saturated carbocycles. The fourth-order valence-corrected chi connectivity index (χ4v) is 0.707. The number of allylic oxidation sites excluding steroid dienone is 2. The molecule has 0 aromatic heterocycles. The smallest absolute Gasteiger partial charge is 0.106 e. The van der Waals surface area contributed by atoms with E-state index in [1.165, 1.54) is 0 Å². The number of aliphatic imine (C=N–C) groups is 1. The first-order valence-electron chi connectivity index (χ1n) is 4.98. The molecule has 3 heteroatoms.